The molecule has 1 aliphatic carbocycles. The lowest BCUT2D eigenvalue weighted by Crippen LogP contribution is -2.43. The third-order valence-corrected chi connectivity index (χ3v) is 4.41. The van der Waals surface area contributed by atoms with Crippen LogP contribution in [0.4, 0.5) is 0 Å². The molecule has 106 valence electrons. The van der Waals surface area contributed by atoms with Crippen molar-refractivity contribution in [2.24, 2.45) is 11.7 Å². The van der Waals surface area contributed by atoms with Gasteiger partial charge in [0, 0.05) is 17.6 Å². The van der Waals surface area contributed by atoms with Crippen LogP contribution < -0.4 is 10.5 Å². The molecule has 1 aromatic carbocycles. The maximum atomic E-state index is 6.25. The van der Waals surface area contributed by atoms with Crippen molar-refractivity contribution >= 4 is 10.9 Å². The number of rotatable bonds is 3. The smallest absolute Gasteiger partial charge is 0.129 e. The maximum absolute atomic E-state index is 6.25. The van der Waals surface area contributed by atoms with Crippen LogP contribution >= 0.6 is 0 Å². The molecule has 0 spiro atoms. The topological polar surface area (TPSA) is 48.1 Å². The quantitative estimate of drug-likeness (QED) is 0.928. The lowest BCUT2D eigenvalue weighted by Gasteiger charge is -2.34. The molecule has 0 bridgehead atoms. The summed E-state index contributed by atoms with van der Waals surface area (Å²) in [4.78, 5) is 4.37. The van der Waals surface area contributed by atoms with Crippen molar-refractivity contribution < 1.29 is 4.74 Å². The fourth-order valence-corrected chi connectivity index (χ4v) is 3.08. The van der Waals surface area contributed by atoms with Crippen LogP contribution in [0, 0.1) is 5.92 Å². The number of nitrogens with zero attached hydrogens (tertiary/aromatic N) is 1. The molecule has 3 rings (SSSR count). The van der Waals surface area contributed by atoms with E-state index >= 15 is 0 Å². The van der Waals surface area contributed by atoms with E-state index in [2.05, 4.69) is 18.0 Å². The fraction of sp³-hybridized carbons (Fsp3) is 0.471. The van der Waals surface area contributed by atoms with Crippen LogP contribution in [0.2, 0.25) is 0 Å². The minimum atomic E-state index is 0.125. The third kappa shape index (κ3) is 2.63. The number of benzene rings is 1. The van der Waals surface area contributed by atoms with E-state index in [9.17, 15) is 0 Å². The molecule has 1 saturated carbocycles. The Labute approximate surface area is 120 Å². The number of ether oxygens (including phenoxy) is 1. The average molecular weight is 270 g/mol. The number of nitrogens with two attached hydrogens (primary N) is 1. The van der Waals surface area contributed by atoms with Crippen molar-refractivity contribution in [1.29, 1.82) is 0 Å². The van der Waals surface area contributed by atoms with Crippen LogP contribution in [0.15, 0.2) is 36.5 Å². The molecule has 20 heavy (non-hydrogen) atoms. The summed E-state index contributed by atoms with van der Waals surface area (Å²) in [5, 5.41) is 1.07. The normalized spacial score (nSPS) is 26.6. The maximum Gasteiger partial charge on any atom is 0.129 e. The molecule has 1 aliphatic rings. The van der Waals surface area contributed by atoms with Gasteiger partial charge in [-0.15, -0.1) is 0 Å². The van der Waals surface area contributed by atoms with Gasteiger partial charge in [0.15, 0.2) is 0 Å². The van der Waals surface area contributed by atoms with E-state index in [1.54, 1.807) is 0 Å². The zero-order chi connectivity index (χ0) is 13.9. The predicted octanol–water partition coefficient (Wildman–Crippen LogP) is 3.52. The van der Waals surface area contributed by atoms with Gasteiger partial charge in [0.05, 0.1) is 5.52 Å². The Morgan fingerprint density at radius 1 is 1.25 bits per heavy atom. The molecule has 1 fully saturated rings. The summed E-state index contributed by atoms with van der Waals surface area (Å²) in [6.45, 7) is 2.25. The molecule has 3 unspecified atom stereocenters. The van der Waals surface area contributed by atoms with E-state index in [1.165, 1.54) is 12.8 Å². The van der Waals surface area contributed by atoms with E-state index in [4.69, 9.17) is 10.5 Å². The molecular formula is C17H22N2O. The molecule has 3 heteroatoms. The number of hydrogen-bond donors (Lipinski definition) is 1. The first kappa shape index (κ1) is 13.4. The summed E-state index contributed by atoms with van der Waals surface area (Å²) in [6.07, 6.45) is 6.50. The molecule has 0 aliphatic heterocycles. The Kier molecular flexibility index (Phi) is 3.88. The first-order valence-corrected chi connectivity index (χ1v) is 7.54. The summed E-state index contributed by atoms with van der Waals surface area (Å²) in [5.41, 5.74) is 7.22. The van der Waals surface area contributed by atoms with Crippen molar-refractivity contribution in [3.8, 4) is 5.75 Å². The first-order chi connectivity index (χ1) is 9.78. The van der Waals surface area contributed by atoms with Crippen LogP contribution in [-0.4, -0.2) is 17.1 Å². The number of fused-ring (bicyclic) bond motifs is 1. The monoisotopic (exact) mass is 270 g/mol. The largest absolute Gasteiger partial charge is 0.488 e. The zero-order valence-electron chi connectivity index (χ0n) is 12.0. The third-order valence-electron chi connectivity index (χ3n) is 4.41. The second-order valence-electron chi connectivity index (χ2n) is 5.73. The lowest BCUT2D eigenvalue weighted by atomic mass is 9.83. The minimum Gasteiger partial charge on any atom is -0.488 e. The Bertz CT molecular complexity index is 579. The van der Waals surface area contributed by atoms with Gasteiger partial charge in [-0.1, -0.05) is 19.4 Å². The Morgan fingerprint density at radius 3 is 3.00 bits per heavy atom. The van der Waals surface area contributed by atoms with Gasteiger partial charge in [-0.2, -0.15) is 0 Å². The van der Waals surface area contributed by atoms with E-state index in [-0.39, 0.29) is 12.1 Å². The van der Waals surface area contributed by atoms with Crippen LogP contribution in [0.25, 0.3) is 10.9 Å². The number of aromatic nitrogens is 1. The van der Waals surface area contributed by atoms with E-state index < -0.39 is 0 Å². The standard InChI is InChI=1S/C17H22N2O/c1-2-12-8-9-14(18)17(11-12)20-16-7-3-6-15-13(16)5-4-10-19-15/h3-7,10,12,14,17H,2,8-9,11,18H2,1H3. The van der Waals surface area contributed by atoms with Crippen LogP contribution in [0.1, 0.15) is 32.6 Å². The highest BCUT2D eigenvalue weighted by Crippen LogP contribution is 2.31. The fourth-order valence-electron chi connectivity index (χ4n) is 3.08. The van der Waals surface area contributed by atoms with Crippen LogP contribution in [0.3, 0.4) is 0 Å². The van der Waals surface area contributed by atoms with Crippen molar-refractivity contribution in [3.05, 3.63) is 36.5 Å². The number of pyridine rings is 1. The van der Waals surface area contributed by atoms with Gasteiger partial charge in [0.1, 0.15) is 11.9 Å². The summed E-state index contributed by atoms with van der Waals surface area (Å²) < 4.78 is 6.25. The second-order valence-corrected chi connectivity index (χ2v) is 5.73. The van der Waals surface area contributed by atoms with Gasteiger partial charge < -0.3 is 10.5 Å². The second kappa shape index (κ2) is 5.80. The Morgan fingerprint density at radius 2 is 2.15 bits per heavy atom. The van der Waals surface area contributed by atoms with Crippen molar-refractivity contribution in [2.45, 2.75) is 44.8 Å². The van der Waals surface area contributed by atoms with Gasteiger partial charge in [-0.3, -0.25) is 4.98 Å². The summed E-state index contributed by atoms with van der Waals surface area (Å²) in [5.74, 6) is 1.65. The minimum absolute atomic E-state index is 0.125. The molecule has 0 amide bonds. The number of hydrogen-bond acceptors (Lipinski definition) is 3. The summed E-state index contributed by atoms with van der Waals surface area (Å²) in [6, 6.07) is 10.2. The van der Waals surface area contributed by atoms with Gasteiger partial charge in [-0.25, -0.2) is 0 Å². The molecule has 2 N–H and O–H groups in total. The van der Waals surface area contributed by atoms with E-state index in [1.807, 2.05) is 30.5 Å². The van der Waals surface area contributed by atoms with E-state index in [0.717, 1.165) is 35.4 Å². The highest BCUT2D eigenvalue weighted by atomic mass is 16.5. The van der Waals surface area contributed by atoms with Gasteiger partial charge in [-0.05, 0) is 49.4 Å². The SMILES string of the molecule is CCC1CCC(N)C(Oc2cccc3ncccc23)C1. The first-order valence-electron chi connectivity index (χ1n) is 7.54. The molecule has 1 heterocycles. The Balaban J connectivity index is 1.85. The summed E-state index contributed by atoms with van der Waals surface area (Å²) >= 11 is 0. The molecule has 3 nitrogen and oxygen atoms in total. The molecular weight excluding hydrogens is 248 g/mol. The predicted molar refractivity (Wildman–Crippen MR) is 81.8 cm³/mol. The molecule has 0 radical (unpaired) electrons. The molecule has 3 atom stereocenters. The average Bonchev–Trinajstić information content (AvgIpc) is 2.50. The molecule has 0 saturated heterocycles. The lowest BCUT2D eigenvalue weighted by molar-refractivity contribution is 0.103. The molecule has 2 aromatic rings. The van der Waals surface area contributed by atoms with Crippen molar-refractivity contribution in [2.75, 3.05) is 0 Å². The highest BCUT2D eigenvalue weighted by Gasteiger charge is 2.29. The highest BCUT2D eigenvalue weighted by molar-refractivity contribution is 5.84. The van der Waals surface area contributed by atoms with Crippen LogP contribution in [-0.2, 0) is 0 Å². The zero-order valence-corrected chi connectivity index (χ0v) is 12.0. The van der Waals surface area contributed by atoms with Gasteiger partial charge in [0.2, 0.25) is 0 Å². The van der Waals surface area contributed by atoms with Gasteiger partial charge >= 0.3 is 0 Å². The molecule has 1 aromatic heterocycles. The van der Waals surface area contributed by atoms with Crippen LogP contribution in [0.5, 0.6) is 5.75 Å². The van der Waals surface area contributed by atoms with E-state index in [0.29, 0.717) is 0 Å². The summed E-state index contributed by atoms with van der Waals surface area (Å²) in [7, 11) is 0. The van der Waals surface area contributed by atoms with Gasteiger partial charge in [0.25, 0.3) is 0 Å². The van der Waals surface area contributed by atoms with Crippen molar-refractivity contribution in [1.82, 2.24) is 4.98 Å². The van der Waals surface area contributed by atoms with Crippen molar-refractivity contribution in [3.63, 3.8) is 0 Å². The Hall–Kier alpha value is -1.61.